The van der Waals surface area contributed by atoms with Gasteiger partial charge in [0.15, 0.2) is 11.5 Å². The van der Waals surface area contributed by atoms with Crippen LogP contribution in [0, 0.1) is 0 Å². The number of hydrogen-bond acceptors (Lipinski definition) is 9. The van der Waals surface area contributed by atoms with Gasteiger partial charge in [-0.1, -0.05) is 11.3 Å². The van der Waals surface area contributed by atoms with E-state index in [1.54, 1.807) is 31.4 Å². The highest BCUT2D eigenvalue weighted by Crippen LogP contribution is 2.34. The number of amides is 1. The molecule has 2 aromatic carbocycles. The Morgan fingerprint density at radius 1 is 1.12 bits per heavy atom. The monoisotopic (exact) mass is 476 g/mol. The van der Waals surface area contributed by atoms with Crippen molar-refractivity contribution in [1.82, 2.24) is 10.2 Å². The van der Waals surface area contributed by atoms with Gasteiger partial charge in [0.2, 0.25) is 21.1 Å². The molecule has 0 saturated heterocycles. The highest BCUT2D eigenvalue weighted by Gasteiger charge is 2.24. The molecule has 0 saturated carbocycles. The van der Waals surface area contributed by atoms with Crippen LogP contribution >= 0.6 is 11.3 Å². The van der Waals surface area contributed by atoms with Crippen molar-refractivity contribution in [1.29, 1.82) is 0 Å². The van der Waals surface area contributed by atoms with Crippen LogP contribution in [-0.2, 0) is 14.8 Å². The number of rotatable bonds is 7. The van der Waals surface area contributed by atoms with Gasteiger partial charge in [0.25, 0.3) is 0 Å². The Morgan fingerprint density at radius 3 is 2.53 bits per heavy atom. The minimum absolute atomic E-state index is 0.261. The molecule has 0 spiro atoms. The smallest absolute Gasteiger partial charge is 0.246 e. The zero-order chi connectivity index (χ0) is 22.7. The summed E-state index contributed by atoms with van der Waals surface area (Å²) in [5, 5.41) is 11.5. The maximum absolute atomic E-state index is 12.6. The average Bonchev–Trinajstić information content (AvgIpc) is 3.25. The number of ether oxygens (including phenoxy) is 3. The number of hydrogen-bond donors (Lipinski definition) is 1. The fraction of sp³-hybridized carbons (Fsp3) is 0.250. The van der Waals surface area contributed by atoms with Crippen LogP contribution in [-0.4, -0.2) is 57.6 Å². The first-order valence-electron chi connectivity index (χ1n) is 9.48. The molecule has 1 aliphatic rings. The molecule has 1 amide bonds. The van der Waals surface area contributed by atoms with E-state index in [1.165, 1.54) is 17.4 Å². The van der Waals surface area contributed by atoms with E-state index in [0.29, 0.717) is 41.2 Å². The second-order valence-corrected chi connectivity index (χ2v) is 9.67. The van der Waals surface area contributed by atoms with Gasteiger partial charge in [-0.2, -0.15) is 0 Å². The van der Waals surface area contributed by atoms with E-state index in [9.17, 15) is 13.2 Å². The van der Waals surface area contributed by atoms with E-state index >= 15 is 0 Å². The van der Waals surface area contributed by atoms with Crippen LogP contribution in [0.1, 0.15) is 0 Å². The second-order valence-electron chi connectivity index (χ2n) is 6.79. The molecule has 1 aromatic heterocycles. The molecule has 12 heteroatoms. The van der Waals surface area contributed by atoms with Gasteiger partial charge >= 0.3 is 0 Å². The number of methoxy groups -OCH3 is 1. The summed E-state index contributed by atoms with van der Waals surface area (Å²) in [4.78, 5) is 12.6. The first-order valence-corrected chi connectivity index (χ1v) is 12.1. The molecule has 0 bridgehead atoms. The summed E-state index contributed by atoms with van der Waals surface area (Å²) < 4.78 is 41.8. The summed E-state index contributed by atoms with van der Waals surface area (Å²) in [6.07, 6.45) is 1.03. The predicted octanol–water partition coefficient (Wildman–Crippen LogP) is 2.39. The Morgan fingerprint density at radius 2 is 1.84 bits per heavy atom. The molecule has 0 unspecified atom stereocenters. The molecule has 32 heavy (non-hydrogen) atoms. The number of fused-ring (bicyclic) bond motifs is 1. The van der Waals surface area contributed by atoms with Gasteiger partial charge in [-0.3, -0.25) is 14.4 Å². The summed E-state index contributed by atoms with van der Waals surface area (Å²) in [6, 6.07) is 12.0. The SMILES string of the molecule is COc1ccc(-c2nnc(NC(=O)CN(c3ccc4c(c3)OCCO4)S(C)(=O)=O)s2)cc1. The van der Waals surface area contributed by atoms with Crippen molar-refractivity contribution in [2.75, 3.05) is 42.7 Å². The number of carbonyl (C=O) groups is 1. The topological polar surface area (TPSA) is 120 Å². The van der Waals surface area contributed by atoms with Crippen LogP contribution in [0.3, 0.4) is 0 Å². The van der Waals surface area contributed by atoms with Gasteiger partial charge in [0.05, 0.1) is 19.1 Å². The molecule has 3 aromatic rings. The lowest BCUT2D eigenvalue weighted by Gasteiger charge is -2.24. The zero-order valence-corrected chi connectivity index (χ0v) is 18.9. The third-order valence-corrected chi connectivity index (χ3v) is 6.54. The Hall–Kier alpha value is -3.38. The molecular formula is C20H20N4O6S2. The lowest BCUT2D eigenvalue weighted by molar-refractivity contribution is -0.114. The van der Waals surface area contributed by atoms with Crippen molar-refractivity contribution in [3.63, 3.8) is 0 Å². The van der Waals surface area contributed by atoms with E-state index in [2.05, 4.69) is 15.5 Å². The quantitative estimate of drug-likeness (QED) is 0.552. The van der Waals surface area contributed by atoms with Crippen molar-refractivity contribution in [2.24, 2.45) is 0 Å². The Bertz CT molecular complexity index is 1230. The molecule has 1 N–H and O–H groups in total. The van der Waals surface area contributed by atoms with Gasteiger partial charge in [-0.05, 0) is 36.4 Å². The van der Waals surface area contributed by atoms with Gasteiger partial charge in [-0.25, -0.2) is 8.42 Å². The number of benzene rings is 2. The van der Waals surface area contributed by atoms with Crippen molar-refractivity contribution in [3.8, 4) is 27.8 Å². The van der Waals surface area contributed by atoms with Crippen LogP contribution in [0.4, 0.5) is 10.8 Å². The number of sulfonamides is 1. The van der Waals surface area contributed by atoms with Gasteiger partial charge in [0.1, 0.15) is 30.5 Å². The number of carbonyl (C=O) groups excluding carboxylic acids is 1. The first-order chi connectivity index (χ1) is 15.3. The van der Waals surface area contributed by atoms with Gasteiger partial charge < -0.3 is 14.2 Å². The normalized spacial score (nSPS) is 12.8. The Kier molecular flexibility index (Phi) is 6.15. The highest BCUT2D eigenvalue weighted by atomic mass is 32.2. The fourth-order valence-corrected chi connectivity index (χ4v) is 4.61. The first kappa shape index (κ1) is 21.8. The van der Waals surface area contributed by atoms with E-state index in [4.69, 9.17) is 14.2 Å². The lowest BCUT2D eigenvalue weighted by atomic mass is 10.2. The minimum atomic E-state index is -3.74. The maximum atomic E-state index is 12.6. The standard InChI is InChI=1S/C20H20N4O6S2/c1-28-15-6-3-13(4-7-15)19-22-23-20(31-19)21-18(25)12-24(32(2,26)27)14-5-8-16-17(11-14)30-10-9-29-16/h3-8,11H,9-10,12H2,1-2H3,(H,21,23,25). The Labute approximate surface area is 188 Å². The third kappa shape index (κ3) is 4.92. The van der Waals surface area contributed by atoms with Crippen LogP contribution in [0.25, 0.3) is 10.6 Å². The zero-order valence-electron chi connectivity index (χ0n) is 17.3. The van der Waals surface area contributed by atoms with Crippen LogP contribution in [0.5, 0.6) is 17.2 Å². The molecule has 4 rings (SSSR count). The molecule has 0 fully saturated rings. The minimum Gasteiger partial charge on any atom is -0.497 e. The largest absolute Gasteiger partial charge is 0.497 e. The number of anilines is 2. The van der Waals surface area contributed by atoms with Crippen LogP contribution in [0.2, 0.25) is 0 Å². The van der Waals surface area contributed by atoms with E-state index in [0.717, 1.165) is 16.1 Å². The number of aromatic nitrogens is 2. The average molecular weight is 477 g/mol. The predicted molar refractivity (Wildman–Crippen MR) is 120 cm³/mol. The second kappa shape index (κ2) is 9.01. The number of nitrogens with zero attached hydrogens (tertiary/aromatic N) is 3. The van der Waals surface area contributed by atoms with E-state index in [1.807, 2.05) is 12.1 Å². The van der Waals surface area contributed by atoms with Crippen molar-refractivity contribution in [2.45, 2.75) is 0 Å². The summed E-state index contributed by atoms with van der Waals surface area (Å²) in [5.74, 6) is 1.11. The van der Waals surface area contributed by atoms with E-state index in [-0.39, 0.29) is 5.13 Å². The molecule has 2 heterocycles. The molecule has 168 valence electrons. The van der Waals surface area contributed by atoms with Crippen molar-refractivity contribution >= 4 is 38.1 Å². The van der Waals surface area contributed by atoms with Crippen molar-refractivity contribution in [3.05, 3.63) is 42.5 Å². The summed E-state index contributed by atoms with van der Waals surface area (Å²) in [6.45, 7) is 0.351. The van der Waals surface area contributed by atoms with Crippen molar-refractivity contribution < 1.29 is 27.4 Å². The highest BCUT2D eigenvalue weighted by molar-refractivity contribution is 7.92. The van der Waals surface area contributed by atoms with Crippen LogP contribution < -0.4 is 23.8 Å². The molecule has 0 radical (unpaired) electrons. The maximum Gasteiger partial charge on any atom is 0.246 e. The molecule has 1 aliphatic heterocycles. The van der Waals surface area contributed by atoms with Gasteiger partial charge in [-0.15, -0.1) is 10.2 Å². The summed E-state index contributed by atoms with van der Waals surface area (Å²) >= 11 is 1.18. The number of nitrogens with one attached hydrogen (secondary N) is 1. The molecule has 10 nitrogen and oxygen atoms in total. The van der Waals surface area contributed by atoms with Gasteiger partial charge in [0, 0.05) is 11.6 Å². The molecule has 0 aliphatic carbocycles. The molecular weight excluding hydrogens is 456 g/mol. The third-order valence-electron chi connectivity index (χ3n) is 4.51. The lowest BCUT2D eigenvalue weighted by Crippen LogP contribution is -2.37. The molecule has 0 atom stereocenters. The Balaban J connectivity index is 1.48. The fourth-order valence-electron chi connectivity index (χ4n) is 3.00. The summed E-state index contributed by atoms with van der Waals surface area (Å²) in [7, 11) is -2.16. The van der Waals surface area contributed by atoms with E-state index < -0.39 is 22.5 Å². The van der Waals surface area contributed by atoms with Crippen LogP contribution in [0.15, 0.2) is 42.5 Å². The summed E-state index contributed by atoms with van der Waals surface area (Å²) in [5.41, 5.74) is 1.11.